The van der Waals surface area contributed by atoms with Crippen molar-refractivity contribution in [2.45, 2.75) is 46.0 Å². The summed E-state index contributed by atoms with van der Waals surface area (Å²) in [7, 11) is 0. The summed E-state index contributed by atoms with van der Waals surface area (Å²) < 4.78 is 0. The highest BCUT2D eigenvalue weighted by Gasteiger charge is 2.58. The van der Waals surface area contributed by atoms with Crippen LogP contribution in [0.25, 0.3) is 0 Å². The van der Waals surface area contributed by atoms with Crippen LogP contribution >= 0.6 is 0 Å². The van der Waals surface area contributed by atoms with Crippen LogP contribution in [-0.4, -0.2) is 13.1 Å². The molecule has 0 aliphatic heterocycles. The molecule has 15 heavy (non-hydrogen) atoms. The highest BCUT2D eigenvalue weighted by atomic mass is 14.9. The molecule has 3 fully saturated rings. The van der Waals surface area contributed by atoms with Crippen molar-refractivity contribution in [3.8, 4) is 0 Å². The minimum Gasteiger partial charge on any atom is -0.316 e. The van der Waals surface area contributed by atoms with Gasteiger partial charge in [-0.2, -0.15) is 0 Å². The Hall–Kier alpha value is -0.0400. The SMILES string of the molecule is CC(C)CNCC1(C2CC2)CC2CC2C1. The molecule has 0 amide bonds. The Morgan fingerprint density at radius 1 is 1.20 bits per heavy atom. The highest BCUT2D eigenvalue weighted by Crippen LogP contribution is 2.66. The molecular weight excluding hydrogens is 182 g/mol. The maximum atomic E-state index is 3.73. The Morgan fingerprint density at radius 2 is 1.87 bits per heavy atom. The van der Waals surface area contributed by atoms with Gasteiger partial charge in [0, 0.05) is 6.54 Å². The van der Waals surface area contributed by atoms with E-state index in [1.54, 1.807) is 19.3 Å². The first-order chi connectivity index (χ1) is 7.20. The Kier molecular flexibility index (Phi) is 2.35. The van der Waals surface area contributed by atoms with Crippen molar-refractivity contribution in [2.24, 2.45) is 29.1 Å². The van der Waals surface area contributed by atoms with E-state index < -0.39 is 0 Å². The van der Waals surface area contributed by atoms with Crippen LogP contribution in [0, 0.1) is 29.1 Å². The van der Waals surface area contributed by atoms with Crippen LogP contribution in [0.3, 0.4) is 0 Å². The minimum absolute atomic E-state index is 0.752. The van der Waals surface area contributed by atoms with Crippen molar-refractivity contribution in [1.82, 2.24) is 5.32 Å². The third-order valence-corrected chi connectivity index (χ3v) is 4.88. The molecule has 1 heteroatoms. The van der Waals surface area contributed by atoms with Gasteiger partial charge in [0.15, 0.2) is 0 Å². The van der Waals surface area contributed by atoms with Crippen LogP contribution < -0.4 is 5.32 Å². The third-order valence-electron chi connectivity index (χ3n) is 4.88. The minimum atomic E-state index is 0.752. The van der Waals surface area contributed by atoms with E-state index in [0.717, 1.165) is 29.1 Å². The quantitative estimate of drug-likeness (QED) is 0.730. The van der Waals surface area contributed by atoms with Crippen LogP contribution in [0.15, 0.2) is 0 Å². The van der Waals surface area contributed by atoms with Gasteiger partial charge in [-0.3, -0.25) is 0 Å². The summed E-state index contributed by atoms with van der Waals surface area (Å²) in [5, 5.41) is 3.73. The van der Waals surface area contributed by atoms with Crippen LogP contribution in [-0.2, 0) is 0 Å². The smallest absolute Gasteiger partial charge is 0.00108 e. The number of rotatable bonds is 5. The molecular formula is C14H25N. The lowest BCUT2D eigenvalue weighted by Crippen LogP contribution is -2.36. The predicted molar refractivity (Wildman–Crippen MR) is 63.7 cm³/mol. The fraction of sp³-hybridized carbons (Fsp3) is 1.00. The van der Waals surface area contributed by atoms with Crippen LogP contribution in [0.2, 0.25) is 0 Å². The van der Waals surface area contributed by atoms with E-state index in [1.807, 2.05) is 0 Å². The lowest BCUT2D eigenvalue weighted by atomic mass is 9.78. The zero-order valence-corrected chi connectivity index (χ0v) is 10.3. The van der Waals surface area contributed by atoms with Gasteiger partial charge in [-0.1, -0.05) is 13.8 Å². The Labute approximate surface area is 94.0 Å². The van der Waals surface area contributed by atoms with Gasteiger partial charge in [-0.05, 0) is 67.7 Å². The van der Waals surface area contributed by atoms with Gasteiger partial charge in [0.05, 0.1) is 0 Å². The molecule has 3 saturated carbocycles. The molecule has 0 aromatic rings. The summed E-state index contributed by atoms with van der Waals surface area (Å²) in [6.07, 6.45) is 7.76. The lowest BCUT2D eigenvalue weighted by molar-refractivity contribution is 0.207. The zero-order valence-electron chi connectivity index (χ0n) is 10.3. The van der Waals surface area contributed by atoms with Crippen molar-refractivity contribution in [1.29, 1.82) is 0 Å². The molecule has 86 valence electrons. The maximum Gasteiger partial charge on any atom is 0.00108 e. The topological polar surface area (TPSA) is 12.0 Å². The standard InChI is InChI=1S/C14H25N/c1-10(2)8-15-9-14(13-3-4-13)6-11-5-12(11)7-14/h10-13,15H,3-9H2,1-2H3. The first-order valence-corrected chi connectivity index (χ1v) is 6.90. The molecule has 3 aliphatic rings. The largest absolute Gasteiger partial charge is 0.316 e. The van der Waals surface area contributed by atoms with Gasteiger partial charge in [0.2, 0.25) is 0 Å². The second-order valence-corrected chi connectivity index (χ2v) is 6.83. The van der Waals surface area contributed by atoms with Gasteiger partial charge in [-0.15, -0.1) is 0 Å². The van der Waals surface area contributed by atoms with Crippen molar-refractivity contribution in [2.75, 3.05) is 13.1 Å². The van der Waals surface area contributed by atoms with Crippen molar-refractivity contribution in [3.05, 3.63) is 0 Å². The average molecular weight is 207 g/mol. The van der Waals surface area contributed by atoms with Gasteiger partial charge >= 0.3 is 0 Å². The van der Waals surface area contributed by atoms with E-state index in [0.29, 0.717) is 0 Å². The molecule has 0 aromatic heterocycles. The number of hydrogen-bond acceptors (Lipinski definition) is 1. The molecule has 2 atom stereocenters. The van der Waals surface area contributed by atoms with E-state index in [4.69, 9.17) is 0 Å². The van der Waals surface area contributed by atoms with Gasteiger partial charge in [0.1, 0.15) is 0 Å². The summed E-state index contributed by atoms with van der Waals surface area (Å²) in [6, 6.07) is 0. The molecule has 0 radical (unpaired) electrons. The van der Waals surface area contributed by atoms with Crippen molar-refractivity contribution < 1.29 is 0 Å². The van der Waals surface area contributed by atoms with E-state index in [2.05, 4.69) is 19.2 Å². The van der Waals surface area contributed by atoms with Crippen LogP contribution in [0.5, 0.6) is 0 Å². The average Bonchev–Trinajstić information content (AvgIpc) is 3.05. The van der Waals surface area contributed by atoms with Crippen LogP contribution in [0.4, 0.5) is 0 Å². The Morgan fingerprint density at radius 3 is 2.40 bits per heavy atom. The molecule has 0 bridgehead atoms. The highest BCUT2D eigenvalue weighted by molar-refractivity contribution is 5.09. The fourth-order valence-electron chi connectivity index (χ4n) is 3.87. The first kappa shape index (κ1) is 10.1. The molecule has 3 aliphatic carbocycles. The van der Waals surface area contributed by atoms with E-state index in [9.17, 15) is 0 Å². The predicted octanol–water partition coefficient (Wildman–Crippen LogP) is 3.06. The number of nitrogens with one attached hydrogen (secondary N) is 1. The molecule has 0 spiro atoms. The summed E-state index contributed by atoms with van der Waals surface area (Å²) >= 11 is 0. The molecule has 0 heterocycles. The molecule has 0 aromatic carbocycles. The molecule has 1 nitrogen and oxygen atoms in total. The normalized spacial score (nSPS) is 43.4. The summed E-state index contributed by atoms with van der Waals surface area (Å²) in [4.78, 5) is 0. The maximum absolute atomic E-state index is 3.73. The van der Waals surface area contributed by atoms with Crippen LogP contribution in [0.1, 0.15) is 46.0 Å². The molecule has 0 saturated heterocycles. The Bertz CT molecular complexity index is 232. The third kappa shape index (κ3) is 1.95. The summed E-state index contributed by atoms with van der Waals surface area (Å²) in [5.74, 6) is 4.19. The summed E-state index contributed by atoms with van der Waals surface area (Å²) in [6.45, 7) is 7.15. The van der Waals surface area contributed by atoms with Crippen molar-refractivity contribution in [3.63, 3.8) is 0 Å². The lowest BCUT2D eigenvalue weighted by Gasteiger charge is -2.32. The number of hydrogen-bond donors (Lipinski definition) is 1. The fourth-order valence-corrected chi connectivity index (χ4v) is 3.87. The van der Waals surface area contributed by atoms with E-state index in [1.165, 1.54) is 25.9 Å². The molecule has 1 N–H and O–H groups in total. The number of fused-ring (bicyclic) bond motifs is 1. The van der Waals surface area contributed by atoms with Gasteiger partial charge < -0.3 is 5.32 Å². The second-order valence-electron chi connectivity index (χ2n) is 6.83. The first-order valence-electron chi connectivity index (χ1n) is 6.90. The Balaban J connectivity index is 1.55. The van der Waals surface area contributed by atoms with Gasteiger partial charge in [-0.25, -0.2) is 0 Å². The molecule has 3 rings (SSSR count). The molecule has 2 unspecified atom stereocenters. The van der Waals surface area contributed by atoms with E-state index >= 15 is 0 Å². The van der Waals surface area contributed by atoms with Gasteiger partial charge in [0.25, 0.3) is 0 Å². The zero-order chi connectivity index (χ0) is 10.5. The second kappa shape index (κ2) is 3.48. The van der Waals surface area contributed by atoms with Crippen molar-refractivity contribution >= 4 is 0 Å². The summed E-state index contributed by atoms with van der Waals surface area (Å²) in [5.41, 5.74) is 0.752. The monoisotopic (exact) mass is 207 g/mol. The van der Waals surface area contributed by atoms with E-state index in [-0.39, 0.29) is 0 Å².